The molecule has 88 valence electrons. The summed E-state index contributed by atoms with van der Waals surface area (Å²) in [4.78, 5) is 8.84. The molecule has 0 atom stereocenters. The standard InChI is InChI=1S/C14H17N3/c1-3-9-15-14-10-13(16-11(2)17-14)12-7-5-4-6-8-12/h4-8,10H,3,9H2,1-2H3,(H,15,16,17). The van der Waals surface area contributed by atoms with Gasteiger partial charge in [-0.3, -0.25) is 0 Å². The Balaban J connectivity index is 2.32. The summed E-state index contributed by atoms with van der Waals surface area (Å²) in [5.41, 5.74) is 2.09. The van der Waals surface area contributed by atoms with Gasteiger partial charge in [0.1, 0.15) is 11.6 Å². The molecule has 0 saturated heterocycles. The van der Waals surface area contributed by atoms with Crippen LogP contribution in [0.15, 0.2) is 36.4 Å². The SMILES string of the molecule is CCCNc1cc(-c2ccccc2)nc(C)n1. The molecule has 0 fully saturated rings. The van der Waals surface area contributed by atoms with Crippen LogP contribution in [0.2, 0.25) is 0 Å². The number of hydrogen-bond donors (Lipinski definition) is 1. The molecule has 3 heteroatoms. The minimum atomic E-state index is 0.796. The molecule has 0 bridgehead atoms. The number of anilines is 1. The predicted molar refractivity (Wildman–Crippen MR) is 71.0 cm³/mol. The summed E-state index contributed by atoms with van der Waals surface area (Å²) in [6.45, 7) is 4.99. The Morgan fingerprint density at radius 2 is 1.88 bits per heavy atom. The van der Waals surface area contributed by atoms with Gasteiger partial charge < -0.3 is 5.32 Å². The molecule has 0 aliphatic rings. The number of aryl methyl sites for hydroxylation is 1. The maximum Gasteiger partial charge on any atom is 0.130 e. The number of rotatable bonds is 4. The van der Waals surface area contributed by atoms with Crippen LogP contribution in [0.3, 0.4) is 0 Å². The molecule has 0 radical (unpaired) electrons. The summed E-state index contributed by atoms with van der Waals surface area (Å²) in [5.74, 6) is 1.70. The monoisotopic (exact) mass is 227 g/mol. The van der Waals surface area contributed by atoms with Crippen molar-refractivity contribution in [3.63, 3.8) is 0 Å². The van der Waals surface area contributed by atoms with E-state index in [1.165, 1.54) is 0 Å². The average Bonchev–Trinajstić information content (AvgIpc) is 2.37. The third kappa shape index (κ3) is 3.03. The molecule has 1 aromatic heterocycles. The first-order chi connectivity index (χ1) is 8.29. The summed E-state index contributed by atoms with van der Waals surface area (Å²) in [6.07, 6.45) is 1.09. The molecule has 0 spiro atoms. The van der Waals surface area contributed by atoms with Crippen molar-refractivity contribution in [2.75, 3.05) is 11.9 Å². The minimum Gasteiger partial charge on any atom is -0.370 e. The quantitative estimate of drug-likeness (QED) is 0.871. The second kappa shape index (κ2) is 5.43. The van der Waals surface area contributed by atoms with E-state index in [1.807, 2.05) is 31.2 Å². The highest BCUT2D eigenvalue weighted by Gasteiger charge is 2.03. The second-order valence-corrected chi connectivity index (χ2v) is 3.98. The lowest BCUT2D eigenvalue weighted by Gasteiger charge is -2.07. The van der Waals surface area contributed by atoms with Gasteiger partial charge in [0.25, 0.3) is 0 Å². The molecule has 0 saturated carbocycles. The minimum absolute atomic E-state index is 0.796. The fraction of sp³-hybridized carbons (Fsp3) is 0.286. The maximum atomic E-state index is 4.46. The van der Waals surface area contributed by atoms with E-state index in [0.29, 0.717) is 0 Å². The highest BCUT2D eigenvalue weighted by molar-refractivity contribution is 5.62. The number of hydrogen-bond acceptors (Lipinski definition) is 3. The van der Waals surface area contributed by atoms with Crippen LogP contribution in [0.25, 0.3) is 11.3 Å². The van der Waals surface area contributed by atoms with Crippen molar-refractivity contribution in [3.8, 4) is 11.3 Å². The van der Waals surface area contributed by atoms with Gasteiger partial charge >= 0.3 is 0 Å². The Hall–Kier alpha value is -1.90. The Morgan fingerprint density at radius 3 is 2.59 bits per heavy atom. The first-order valence-electron chi connectivity index (χ1n) is 5.94. The highest BCUT2D eigenvalue weighted by Crippen LogP contribution is 2.19. The van der Waals surface area contributed by atoms with Gasteiger partial charge in [-0.15, -0.1) is 0 Å². The number of nitrogens with one attached hydrogen (secondary N) is 1. The van der Waals surface area contributed by atoms with Crippen LogP contribution >= 0.6 is 0 Å². The van der Waals surface area contributed by atoms with Gasteiger partial charge in [0.05, 0.1) is 5.69 Å². The van der Waals surface area contributed by atoms with Gasteiger partial charge in [-0.25, -0.2) is 9.97 Å². The molecular weight excluding hydrogens is 210 g/mol. The van der Waals surface area contributed by atoms with Crippen molar-refractivity contribution < 1.29 is 0 Å². The smallest absolute Gasteiger partial charge is 0.130 e. The Morgan fingerprint density at radius 1 is 1.12 bits per heavy atom. The topological polar surface area (TPSA) is 37.8 Å². The molecule has 1 aromatic carbocycles. The van der Waals surface area contributed by atoms with Gasteiger partial charge in [0.15, 0.2) is 0 Å². The molecule has 2 aromatic rings. The second-order valence-electron chi connectivity index (χ2n) is 3.98. The van der Waals surface area contributed by atoms with Gasteiger partial charge in [-0.05, 0) is 13.3 Å². The molecule has 2 rings (SSSR count). The zero-order chi connectivity index (χ0) is 12.1. The molecule has 0 unspecified atom stereocenters. The Bertz CT molecular complexity index is 480. The summed E-state index contributed by atoms with van der Waals surface area (Å²) in [7, 11) is 0. The molecular formula is C14H17N3. The van der Waals surface area contributed by atoms with Gasteiger partial charge in [-0.2, -0.15) is 0 Å². The van der Waals surface area contributed by atoms with Crippen LogP contribution in [-0.4, -0.2) is 16.5 Å². The van der Waals surface area contributed by atoms with Crippen LogP contribution in [0.4, 0.5) is 5.82 Å². The first kappa shape index (κ1) is 11.6. The summed E-state index contributed by atoms with van der Waals surface area (Å²) >= 11 is 0. The van der Waals surface area contributed by atoms with Gasteiger partial charge in [0.2, 0.25) is 0 Å². The summed E-state index contributed by atoms with van der Waals surface area (Å²) in [6, 6.07) is 12.2. The molecule has 0 aliphatic carbocycles. The first-order valence-corrected chi connectivity index (χ1v) is 5.94. The summed E-state index contributed by atoms with van der Waals surface area (Å²) in [5, 5.41) is 3.29. The lowest BCUT2D eigenvalue weighted by molar-refractivity contribution is 0.955. The van der Waals surface area contributed by atoms with Gasteiger partial charge in [-0.1, -0.05) is 37.3 Å². The summed E-state index contributed by atoms with van der Waals surface area (Å²) < 4.78 is 0. The van der Waals surface area contributed by atoms with Crippen LogP contribution < -0.4 is 5.32 Å². The van der Waals surface area contributed by atoms with E-state index in [-0.39, 0.29) is 0 Å². The highest BCUT2D eigenvalue weighted by atomic mass is 15.0. The third-order valence-corrected chi connectivity index (χ3v) is 2.46. The molecule has 0 aliphatic heterocycles. The average molecular weight is 227 g/mol. The van der Waals surface area contributed by atoms with Gasteiger partial charge in [0, 0.05) is 18.2 Å². The normalized spacial score (nSPS) is 10.2. The zero-order valence-corrected chi connectivity index (χ0v) is 10.3. The van der Waals surface area contributed by atoms with Crippen LogP contribution in [0.1, 0.15) is 19.2 Å². The van der Waals surface area contributed by atoms with Crippen molar-refractivity contribution in [1.82, 2.24) is 9.97 Å². The van der Waals surface area contributed by atoms with E-state index in [1.54, 1.807) is 0 Å². The van der Waals surface area contributed by atoms with E-state index < -0.39 is 0 Å². The van der Waals surface area contributed by atoms with E-state index >= 15 is 0 Å². The van der Waals surface area contributed by atoms with E-state index in [4.69, 9.17) is 0 Å². The zero-order valence-electron chi connectivity index (χ0n) is 10.3. The maximum absolute atomic E-state index is 4.46. The lowest BCUT2D eigenvalue weighted by Crippen LogP contribution is -2.04. The van der Waals surface area contributed by atoms with Crippen LogP contribution in [-0.2, 0) is 0 Å². The van der Waals surface area contributed by atoms with Crippen molar-refractivity contribution in [2.24, 2.45) is 0 Å². The van der Waals surface area contributed by atoms with E-state index in [0.717, 1.165) is 35.9 Å². The van der Waals surface area contributed by atoms with Crippen molar-refractivity contribution >= 4 is 5.82 Å². The lowest BCUT2D eigenvalue weighted by atomic mass is 10.1. The molecule has 3 nitrogen and oxygen atoms in total. The predicted octanol–water partition coefficient (Wildman–Crippen LogP) is 3.27. The fourth-order valence-electron chi connectivity index (χ4n) is 1.67. The number of nitrogens with zero attached hydrogens (tertiary/aromatic N) is 2. The van der Waals surface area contributed by atoms with Crippen LogP contribution in [0, 0.1) is 6.92 Å². The number of aromatic nitrogens is 2. The Kier molecular flexibility index (Phi) is 3.70. The number of benzene rings is 1. The molecule has 1 heterocycles. The van der Waals surface area contributed by atoms with Crippen molar-refractivity contribution in [1.29, 1.82) is 0 Å². The van der Waals surface area contributed by atoms with E-state index in [2.05, 4.69) is 34.3 Å². The largest absolute Gasteiger partial charge is 0.370 e. The molecule has 1 N–H and O–H groups in total. The molecule has 0 amide bonds. The van der Waals surface area contributed by atoms with Crippen molar-refractivity contribution in [3.05, 3.63) is 42.2 Å². The molecule has 17 heavy (non-hydrogen) atoms. The fourth-order valence-corrected chi connectivity index (χ4v) is 1.67. The Labute approximate surface area is 102 Å². The third-order valence-electron chi connectivity index (χ3n) is 2.46. The van der Waals surface area contributed by atoms with E-state index in [9.17, 15) is 0 Å². The van der Waals surface area contributed by atoms with Crippen LogP contribution in [0.5, 0.6) is 0 Å². The van der Waals surface area contributed by atoms with Crippen molar-refractivity contribution in [2.45, 2.75) is 20.3 Å².